The molecule has 26 heavy (non-hydrogen) atoms. The summed E-state index contributed by atoms with van der Waals surface area (Å²) in [7, 11) is 1.92. The van der Waals surface area contributed by atoms with E-state index in [1.807, 2.05) is 42.3 Å². The largest absolute Gasteiger partial charge is 0.491 e. The summed E-state index contributed by atoms with van der Waals surface area (Å²) < 4.78 is 18.6. The van der Waals surface area contributed by atoms with Gasteiger partial charge in [-0.05, 0) is 36.9 Å². The maximum absolute atomic E-state index is 13.0. The molecule has 0 saturated carbocycles. The summed E-state index contributed by atoms with van der Waals surface area (Å²) in [6.07, 6.45) is -0.0200. The number of nitrogens with zero attached hydrogens (tertiary/aromatic N) is 2. The first-order valence-corrected chi connectivity index (χ1v) is 8.63. The molecule has 138 valence electrons. The lowest BCUT2D eigenvalue weighted by Gasteiger charge is -2.22. The SMILES string of the molecule is CN(C[C@@H](O)COc1ccccc1)C[C@H]1CC(c2ccc(F)cc2)=NO1. The van der Waals surface area contributed by atoms with Gasteiger partial charge in [-0.25, -0.2) is 4.39 Å². The summed E-state index contributed by atoms with van der Waals surface area (Å²) in [6, 6.07) is 15.7. The fourth-order valence-corrected chi connectivity index (χ4v) is 2.88. The number of benzene rings is 2. The molecule has 1 aliphatic rings. The minimum Gasteiger partial charge on any atom is -0.491 e. The molecule has 0 amide bonds. The summed E-state index contributed by atoms with van der Waals surface area (Å²) in [5, 5.41) is 14.2. The van der Waals surface area contributed by atoms with Crippen LogP contribution in [0.3, 0.4) is 0 Å². The van der Waals surface area contributed by atoms with Gasteiger partial charge in [0.2, 0.25) is 0 Å². The third kappa shape index (κ3) is 5.28. The lowest BCUT2D eigenvalue weighted by molar-refractivity contribution is 0.0333. The molecule has 2 aromatic rings. The van der Waals surface area contributed by atoms with E-state index in [9.17, 15) is 9.50 Å². The van der Waals surface area contributed by atoms with Crippen LogP contribution in [-0.4, -0.2) is 54.7 Å². The van der Waals surface area contributed by atoms with Crippen LogP contribution in [0.2, 0.25) is 0 Å². The highest BCUT2D eigenvalue weighted by molar-refractivity contribution is 6.01. The van der Waals surface area contributed by atoms with Gasteiger partial charge >= 0.3 is 0 Å². The van der Waals surface area contributed by atoms with Crippen molar-refractivity contribution in [3.63, 3.8) is 0 Å². The number of aliphatic hydroxyl groups excluding tert-OH is 1. The number of halogens is 1. The molecule has 0 bridgehead atoms. The van der Waals surface area contributed by atoms with E-state index in [4.69, 9.17) is 9.57 Å². The minimum absolute atomic E-state index is 0.0812. The van der Waals surface area contributed by atoms with Gasteiger partial charge in [0.05, 0.1) is 5.71 Å². The van der Waals surface area contributed by atoms with Crippen LogP contribution in [0.25, 0.3) is 0 Å². The molecule has 1 N–H and O–H groups in total. The number of para-hydroxylation sites is 1. The van der Waals surface area contributed by atoms with E-state index in [1.165, 1.54) is 12.1 Å². The molecule has 0 spiro atoms. The number of hydrogen-bond acceptors (Lipinski definition) is 5. The van der Waals surface area contributed by atoms with Crippen molar-refractivity contribution in [1.29, 1.82) is 0 Å². The van der Waals surface area contributed by atoms with Crippen molar-refractivity contribution in [2.45, 2.75) is 18.6 Å². The van der Waals surface area contributed by atoms with Crippen LogP contribution in [0.5, 0.6) is 5.75 Å². The van der Waals surface area contributed by atoms with E-state index in [-0.39, 0.29) is 18.5 Å². The first-order chi connectivity index (χ1) is 12.6. The van der Waals surface area contributed by atoms with Gasteiger partial charge in [0.1, 0.15) is 30.4 Å². The monoisotopic (exact) mass is 358 g/mol. The Morgan fingerprint density at radius 1 is 1.23 bits per heavy atom. The van der Waals surface area contributed by atoms with E-state index in [0.29, 0.717) is 19.5 Å². The summed E-state index contributed by atoms with van der Waals surface area (Å²) in [5.74, 6) is 0.474. The molecule has 0 aliphatic carbocycles. The number of aliphatic hydroxyl groups is 1. The summed E-state index contributed by atoms with van der Waals surface area (Å²) in [6.45, 7) is 1.34. The molecule has 1 heterocycles. The van der Waals surface area contributed by atoms with Gasteiger partial charge in [0.25, 0.3) is 0 Å². The molecule has 6 heteroatoms. The van der Waals surface area contributed by atoms with Gasteiger partial charge in [0.15, 0.2) is 0 Å². The van der Waals surface area contributed by atoms with Gasteiger partial charge in [-0.15, -0.1) is 0 Å². The number of likely N-dealkylation sites (N-methyl/N-ethyl adjacent to an activating group) is 1. The third-order valence-corrected chi connectivity index (χ3v) is 4.13. The molecule has 0 radical (unpaired) electrons. The smallest absolute Gasteiger partial charge is 0.145 e. The van der Waals surface area contributed by atoms with Gasteiger partial charge in [0, 0.05) is 19.5 Å². The molecule has 5 nitrogen and oxygen atoms in total. The lowest BCUT2D eigenvalue weighted by Crippen LogP contribution is -2.37. The molecular formula is C20H23FN2O3. The predicted octanol–water partition coefficient (Wildman–Crippen LogP) is 2.69. The number of oxime groups is 1. The maximum Gasteiger partial charge on any atom is 0.145 e. The molecule has 0 fully saturated rings. The molecular weight excluding hydrogens is 335 g/mol. The van der Waals surface area contributed by atoms with Crippen molar-refractivity contribution in [3.05, 3.63) is 66.0 Å². The second-order valence-corrected chi connectivity index (χ2v) is 6.48. The molecule has 2 atom stereocenters. The van der Waals surface area contributed by atoms with Crippen molar-refractivity contribution in [2.75, 3.05) is 26.7 Å². The Hall–Kier alpha value is -2.44. The minimum atomic E-state index is -0.598. The predicted molar refractivity (Wildman–Crippen MR) is 97.9 cm³/mol. The van der Waals surface area contributed by atoms with Crippen LogP contribution < -0.4 is 4.74 Å². The van der Waals surface area contributed by atoms with Crippen LogP contribution in [0, 0.1) is 5.82 Å². The van der Waals surface area contributed by atoms with E-state index in [0.717, 1.165) is 17.0 Å². The Morgan fingerprint density at radius 3 is 2.69 bits per heavy atom. The van der Waals surface area contributed by atoms with Gasteiger partial charge in [-0.2, -0.15) is 0 Å². The zero-order valence-corrected chi connectivity index (χ0v) is 14.7. The lowest BCUT2D eigenvalue weighted by atomic mass is 10.0. The Kier molecular flexibility index (Phi) is 6.20. The van der Waals surface area contributed by atoms with Crippen molar-refractivity contribution in [2.24, 2.45) is 5.16 Å². The van der Waals surface area contributed by atoms with E-state index in [2.05, 4.69) is 5.16 Å². The van der Waals surface area contributed by atoms with Crippen molar-refractivity contribution in [3.8, 4) is 5.75 Å². The third-order valence-electron chi connectivity index (χ3n) is 4.13. The summed E-state index contributed by atoms with van der Waals surface area (Å²) >= 11 is 0. The zero-order valence-electron chi connectivity index (χ0n) is 14.7. The normalized spacial score (nSPS) is 17.7. The first kappa shape index (κ1) is 18.4. The van der Waals surface area contributed by atoms with E-state index in [1.54, 1.807) is 12.1 Å². The fourth-order valence-electron chi connectivity index (χ4n) is 2.88. The first-order valence-electron chi connectivity index (χ1n) is 8.63. The average molecular weight is 358 g/mol. The van der Waals surface area contributed by atoms with Crippen LogP contribution in [-0.2, 0) is 4.84 Å². The standard InChI is InChI=1S/C20H23FN2O3/c1-23(12-17(24)14-25-18-5-3-2-4-6-18)13-19-11-20(22-26-19)15-7-9-16(21)10-8-15/h2-10,17,19,24H,11-14H2,1H3/t17-,19-/m1/s1. The number of rotatable bonds is 8. The number of hydrogen-bond donors (Lipinski definition) is 1. The average Bonchev–Trinajstić information content (AvgIpc) is 3.09. The van der Waals surface area contributed by atoms with Crippen LogP contribution in [0.1, 0.15) is 12.0 Å². The second-order valence-electron chi connectivity index (χ2n) is 6.48. The van der Waals surface area contributed by atoms with Crippen molar-refractivity contribution in [1.82, 2.24) is 4.90 Å². The molecule has 2 aromatic carbocycles. The Morgan fingerprint density at radius 2 is 1.96 bits per heavy atom. The van der Waals surface area contributed by atoms with Gasteiger partial charge < -0.3 is 14.7 Å². The highest BCUT2D eigenvalue weighted by atomic mass is 19.1. The Labute approximate surface area is 152 Å². The number of ether oxygens (including phenoxy) is 1. The van der Waals surface area contributed by atoms with Crippen molar-refractivity contribution < 1.29 is 19.1 Å². The van der Waals surface area contributed by atoms with E-state index >= 15 is 0 Å². The van der Waals surface area contributed by atoms with Gasteiger partial charge in [-0.3, -0.25) is 4.90 Å². The second kappa shape index (κ2) is 8.78. The van der Waals surface area contributed by atoms with Crippen LogP contribution >= 0.6 is 0 Å². The topological polar surface area (TPSA) is 54.3 Å². The van der Waals surface area contributed by atoms with Crippen molar-refractivity contribution >= 4 is 5.71 Å². The van der Waals surface area contributed by atoms with Gasteiger partial charge in [-0.1, -0.05) is 35.5 Å². The zero-order chi connectivity index (χ0) is 18.4. The summed E-state index contributed by atoms with van der Waals surface area (Å²) in [4.78, 5) is 7.46. The molecule has 0 saturated heterocycles. The highest BCUT2D eigenvalue weighted by Crippen LogP contribution is 2.18. The highest BCUT2D eigenvalue weighted by Gasteiger charge is 2.24. The molecule has 3 rings (SSSR count). The van der Waals surface area contributed by atoms with Crippen LogP contribution in [0.15, 0.2) is 59.8 Å². The van der Waals surface area contributed by atoms with Crippen LogP contribution in [0.4, 0.5) is 4.39 Å². The quantitative estimate of drug-likeness (QED) is 0.788. The molecule has 0 aromatic heterocycles. The molecule has 0 unspecified atom stereocenters. The van der Waals surface area contributed by atoms with E-state index < -0.39 is 6.10 Å². The fraction of sp³-hybridized carbons (Fsp3) is 0.350. The summed E-state index contributed by atoms with van der Waals surface area (Å²) in [5.41, 5.74) is 1.68. The maximum atomic E-state index is 13.0. The molecule has 1 aliphatic heterocycles. The Balaban J connectivity index is 1.40. The Bertz CT molecular complexity index is 722.